The van der Waals surface area contributed by atoms with Crippen LogP contribution in [0, 0.1) is 0 Å². The van der Waals surface area contributed by atoms with Crippen LogP contribution in [0.1, 0.15) is 25.7 Å². The topological polar surface area (TPSA) is 75.4 Å². The van der Waals surface area contributed by atoms with Crippen LogP contribution in [0.3, 0.4) is 0 Å². The Morgan fingerprint density at radius 1 is 1.15 bits per heavy atom. The number of primary sulfonamides is 1. The number of benzene rings is 1. The van der Waals surface area contributed by atoms with E-state index in [0.717, 1.165) is 18.5 Å². The molecule has 5 nitrogen and oxygen atoms in total. The molecule has 0 spiro atoms. The molecule has 0 radical (unpaired) electrons. The summed E-state index contributed by atoms with van der Waals surface area (Å²) < 4.78 is 22.5. The Kier molecular flexibility index (Phi) is 4.67. The van der Waals surface area contributed by atoms with Crippen molar-refractivity contribution in [3.05, 3.63) is 24.3 Å². The lowest BCUT2D eigenvalue weighted by atomic mass is 9.90. The summed E-state index contributed by atoms with van der Waals surface area (Å²) in [5, 5.41) is 8.44. The number of nitrogens with one attached hydrogen (secondary N) is 1. The normalized spacial score (nSPS) is 23.6. The van der Waals surface area contributed by atoms with Gasteiger partial charge < -0.3 is 10.2 Å². The fourth-order valence-corrected chi connectivity index (χ4v) is 3.35. The highest BCUT2D eigenvalue weighted by molar-refractivity contribution is 7.89. The molecule has 3 N–H and O–H groups in total. The largest absolute Gasteiger partial charge is 0.372 e. The molecule has 0 amide bonds. The number of rotatable bonds is 4. The third kappa shape index (κ3) is 3.50. The Morgan fingerprint density at radius 3 is 2.15 bits per heavy atom. The molecular weight excluding hydrogens is 274 g/mol. The highest BCUT2D eigenvalue weighted by Crippen LogP contribution is 2.26. The monoisotopic (exact) mass is 297 g/mol. The summed E-state index contributed by atoms with van der Waals surface area (Å²) in [6.07, 6.45) is 4.67. The zero-order valence-electron chi connectivity index (χ0n) is 12.0. The minimum Gasteiger partial charge on any atom is -0.372 e. The van der Waals surface area contributed by atoms with Gasteiger partial charge in [-0.15, -0.1) is 0 Å². The van der Waals surface area contributed by atoms with Gasteiger partial charge in [0.15, 0.2) is 0 Å². The summed E-state index contributed by atoms with van der Waals surface area (Å²) in [6, 6.07) is 7.93. The van der Waals surface area contributed by atoms with Crippen molar-refractivity contribution in [3.8, 4) is 0 Å². The maximum Gasteiger partial charge on any atom is 0.238 e. The van der Waals surface area contributed by atoms with Gasteiger partial charge in [-0.2, -0.15) is 0 Å². The molecule has 1 aliphatic rings. The quantitative estimate of drug-likeness (QED) is 0.878. The SMILES string of the molecule is CNC1CCC(N(C)c2ccc(S(N)(=O)=O)cc2)CC1. The van der Waals surface area contributed by atoms with Gasteiger partial charge in [-0.3, -0.25) is 0 Å². The van der Waals surface area contributed by atoms with Gasteiger partial charge in [0.05, 0.1) is 4.90 Å². The third-order valence-electron chi connectivity index (χ3n) is 4.23. The van der Waals surface area contributed by atoms with Gasteiger partial charge in [-0.1, -0.05) is 0 Å². The number of hydrogen-bond acceptors (Lipinski definition) is 4. The van der Waals surface area contributed by atoms with Crippen molar-refractivity contribution < 1.29 is 8.42 Å². The molecule has 0 heterocycles. The zero-order valence-corrected chi connectivity index (χ0v) is 12.9. The highest BCUT2D eigenvalue weighted by atomic mass is 32.2. The van der Waals surface area contributed by atoms with E-state index in [4.69, 9.17) is 5.14 Å². The first-order chi connectivity index (χ1) is 9.41. The Balaban J connectivity index is 2.05. The number of hydrogen-bond donors (Lipinski definition) is 2. The van der Waals surface area contributed by atoms with Crippen molar-refractivity contribution in [2.45, 2.75) is 42.7 Å². The van der Waals surface area contributed by atoms with Crippen LogP contribution in [0.5, 0.6) is 0 Å². The van der Waals surface area contributed by atoms with E-state index < -0.39 is 10.0 Å². The van der Waals surface area contributed by atoms with Gasteiger partial charge in [0.25, 0.3) is 0 Å². The minimum atomic E-state index is -3.61. The second-order valence-electron chi connectivity index (χ2n) is 5.44. The van der Waals surface area contributed by atoms with Crippen LogP contribution in [0.4, 0.5) is 5.69 Å². The van der Waals surface area contributed by atoms with Crippen molar-refractivity contribution in [2.24, 2.45) is 5.14 Å². The molecular formula is C14H23N3O2S. The predicted octanol–water partition coefficient (Wildman–Crippen LogP) is 1.30. The predicted molar refractivity (Wildman–Crippen MR) is 81.3 cm³/mol. The minimum absolute atomic E-state index is 0.161. The maximum atomic E-state index is 11.2. The molecule has 0 unspecified atom stereocenters. The van der Waals surface area contributed by atoms with E-state index in [1.54, 1.807) is 12.1 Å². The van der Waals surface area contributed by atoms with Crippen molar-refractivity contribution in [3.63, 3.8) is 0 Å². The fourth-order valence-electron chi connectivity index (χ4n) is 2.83. The van der Waals surface area contributed by atoms with E-state index in [9.17, 15) is 8.42 Å². The molecule has 0 aromatic heterocycles. The van der Waals surface area contributed by atoms with Gasteiger partial charge in [0.2, 0.25) is 10.0 Å². The molecule has 2 rings (SSSR count). The molecule has 1 saturated carbocycles. The van der Waals surface area contributed by atoms with E-state index >= 15 is 0 Å². The van der Waals surface area contributed by atoms with Crippen LogP contribution in [-0.4, -0.2) is 34.6 Å². The lowest BCUT2D eigenvalue weighted by Crippen LogP contribution is -2.39. The summed E-state index contributed by atoms with van der Waals surface area (Å²) in [5.41, 5.74) is 1.03. The maximum absolute atomic E-state index is 11.2. The van der Waals surface area contributed by atoms with Crippen LogP contribution >= 0.6 is 0 Å². The molecule has 0 saturated heterocycles. The number of nitrogens with zero attached hydrogens (tertiary/aromatic N) is 1. The lowest BCUT2D eigenvalue weighted by Gasteiger charge is -2.36. The molecule has 0 aliphatic heterocycles. The molecule has 6 heteroatoms. The number of nitrogens with two attached hydrogens (primary N) is 1. The first-order valence-corrected chi connectivity index (χ1v) is 8.49. The Morgan fingerprint density at radius 2 is 1.70 bits per heavy atom. The third-order valence-corrected chi connectivity index (χ3v) is 5.15. The van der Waals surface area contributed by atoms with Gasteiger partial charge in [-0.05, 0) is 57.0 Å². The van der Waals surface area contributed by atoms with Gasteiger partial charge in [0, 0.05) is 24.8 Å². The smallest absolute Gasteiger partial charge is 0.238 e. The Labute approximate surface area is 121 Å². The first-order valence-electron chi connectivity index (χ1n) is 6.95. The summed E-state index contributed by atoms with van der Waals surface area (Å²) in [5.74, 6) is 0. The van der Waals surface area contributed by atoms with Gasteiger partial charge in [-0.25, -0.2) is 13.6 Å². The molecule has 20 heavy (non-hydrogen) atoms. The van der Waals surface area contributed by atoms with E-state index in [1.165, 1.54) is 12.8 Å². The van der Waals surface area contributed by atoms with Crippen LogP contribution < -0.4 is 15.4 Å². The molecule has 0 atom stereocenters. The second-order valence-corrected chi connectivity index (χ2v) is 7.01. The van der Waals surface area contributed by atoms with Crippen LogP contribution in [0.25, 0.3) is 0 Å². The summed E-state index contributed by atoms with van der Waals surface area (Å²) in [7, 11) is 0.473. The Hall–Kier alpha value is -1.11. The van der Waals surface area contributed by atoms with Crippen LogP contribution in [0.2, 0.25) is 0 Å². The van der Waals surface area contributed by atoms with E-state index in [0.29, 0.717) is 12.1 Å². The van der Waals surface area contributed by atoms with Crippen molar-refractivity contribution in [1.82, 2.24) is 5.32 Å². The summed E-state index contributed by atoms with van der Waals surface area (Å²) in [4.78, 5) is 2.40. The molecule has 1 fully saturated rings. The molecule has 1 aromatic rings. The van der Waals surface area contributed by atoms with Crippen molar-refractivity contribution >= 4 is 15.7 Å². The van der Waals surface area contributed by atoms with Gasteiger partial charge >= 0.3 is 0 Å². The van der Waals surface area contributed by atoms with E-state index in [-0.39, 0.29) is 4.90 Å². The lowest BCUT2D eigenvalue weighted by molar-refractivity contribution is 0.351. The molecule has 112 valence electrons. The average molecular weight is 297 g/mol. The summed E-state index contributed by atoms with van der Waals surface area (Å²) in [6.45, 7) is 0. The van der Waals surface area contributed by atoms with E-state index in [2.05, 4.69) is 17.3 Å². The Bertz CT molecular complexity index is 534. The zero-order chi connectivity index (χ0) is 14.8. The molecule has 1 aliphatic carbocycles. The van der Waals surface area contributed by atoms with Crippen molar-refractivity contribution in [1.29, 1.82) is 0 Å². The van der Waals surface area contributed by atoms with Gasteiger partial charge in [0.1, 0.15) is 0 Å². The second kappa shape index (κ2) is 6.11. The van der Waals surface area contributed by atoms with E-state index in [1.807, 2.05) is 19.2 Å². The highest BCUT2D eigenvalue weighted by Gasteiger charge is 2.23. The summed E-state index contributed by atoms with van der Waals surface area (Å²) >= 11 is 0. The first kappa shape index (κ1) is 15.3. The van der Waals surface area contributed by atoms with Crippen LogP contribution in [-0.2, 0) is 10.0 Å². The average Bonchev–Trinajstić information content (AvgIpc) is 2.46. The number of sulfonamides is 1. The standard InChI is InChI=1S/C14H23N3O2S/c1-16-11-3-5-12(6-4-11)17(2)13-7-9-14(10-8-13)20(15,18)19/h7-12,16H,3-6H2,1-2H3,(H2,15,18,19). The fraction of sp³-hybridized carbons (Fsp3) is 0.571. The molecule has 0 bridgehead atoms. The van der Waals surface area contributed by atoms with Crippen molar-refractivity contribution in [2.75, 3.05) is 19.0 Å². The van der Waals surface area contributed by atoms with Crippen LogP contribution in [0.15, 0.2) is 29.2 Å². The number of anilines is 1. The molecule has 1 aromatic carbocycles.